The van der Waals surface area contributed by atoms with Crippen LogP contribution in [0.25, 0.3) is 0 Å². The van der Waals surface area contributed by atoms with E-state index in [1.54, 1.807) is 11.3 Å². The van der Waals surface area contributed by atoms with E-state index < -0.39 is 15.8 Å². The molecule has 114 valence electrons. The number of rotatable bonds is 6. The molecule has 0 aliphatic carbocycles. The smallest absolute Gasteiger partial charge is 0.240 e. The summed E-state index contributed by atoms with van der Waals surface area (Å²) in [6.45, 7) is 0.208. The molecular weight excluding hydrogens is 335 g/mol. The molecule has 0 fully saturated rings. The highest BCUT2D eigenvalue weighted by Crippen LogP contribution is 2.24. The van der Waals surface area contributed by atoms with Crippen molar-refractivity contribution in [1.82, 2.24) is 4.72 Å². The molecule has 0 aliphatic rings. The van der Waals surface area contributed by atoms with Crippen LogP contribution in [-0.4, -0.2) is 15.0 Å². The second kappa shape index (κ2) is 6.85. The third-order valence-electron chi connectivity index (χ3n) is 2.85. The van der Waals surface area contributed by atoms with E-state index in [1.807, 2.05) is 17.5 Å². The summed E-state index contributed by atoms with van der Waals surface area (Å²) in [6, 6.07) is 6.01. The van der Waals surface area contributed by atoms with Crippen LogP contribution < -0.4 is 10.5 Å². The summed E-state index contributed by atoms with van der Waals surface area (Å²) in [5.41, 5.74) is 5.69. The van der Waals surface area contributed by atoms with E-state index in [2.05, 4.69) is 4.72 Å². The van der Waals surface area contributed by atoms with Crippen LogP contribution in [0.5, 0.6) is 0 Å². The third kappa shape index (κ3) is 4.02. The summed E-state index contributed by atoms with van der Waals surface area (Å²) < 4.78 is 40.3. The second-order valence-electron chi connectivity index (χ2n) is 4.31. The Bertz CT molecular complexity index is 718. The third-order valence-corrected chi connectivity index (χ3v) is 5.65. The van der Waals surface area contributed by atoms with Crippen molar-refractivity contribution in [3.63, 3.8) is 0 Å². The van der Waals surface area contributed by atoms with Crippen LogP contribution in [0.1, 0.15) is 10.4 Å². The summed E-state index contributed by atoms with van der Waals surface area (Å²) in [4.78, 5) is 0.902. The highest BCUT2D eigenvalue weighted by Gasteiger charge is 2.18. The number of sulfonamides is 1. The number of nitrogens with two attached hydrogens (primary N) is 1. The molecule has 0 aliphatic heterocycles. The lowest BCUT2D eigenvalue weighted by Crippen LogP contribution is -2.26. The van der Waals surface area contributed by atoms with Crippen molar-refractivity contribution in [3.05, 3.63) is 50.9 Å². The molecule has 0 amide bonds. The zero-order valence-electron chi connectivity index (χ0n) is 11.0. The standard InChI is InChI=1S/C13H14ClFN2O2S2/c14-13-9(8-16)6-11(7-12(13)15)21(18,19)17-4-3-10-2-1-5-20-10/h1-2,5-7,17H,3-4,8,16H2. The van der Waals surface area contributed by atoms with Gasteiger partial charge in [-0.05, 0) is 35.6 Å². The molecule has 0 spiro atoms. The second-order valence-corrected chi connectivity index (χ2v) is 7.49. The Morgan fingerprint density at radius 2 is 2.14 bits per heavy atom. The average Bonchev–Trinajstić information content (AvgIpc) is 2.94. The molecule has 2 rings (SSSR count). The van der Waals surface area contributed by atoms with Crippen LogP contribution in [-0.2, 0) is 23.0 Å². The Hall–Kier alpha value is -0.990. The van der Waals surface area contributed by atoms with Crippen molar-refractivity contribution in [2.75, 3.05) is 6.54 Å². The minimum absolute atomic E-state index is 0.0334. The van der Waals surface area contributed by atoms with Gasteiger partial charge in [-0.2, -0.15) is 0 Å². The predicted octanol–water partition coefficient (Wildman–Crippen LogP) is 2.52. The topological polar surface area (TPSA) is 72.2 Å². The van der Waals surface area contributed by atoms with Gasteiger partial charge in [0.15, 0.2) is 0 Å². The Morgan fingerprint density at radius 3 is 2.76 bits per heavy atom. The van der Waals surface area contributed by atoms with Crippen molar-refractivity contribution < 1.29 is 12.8 Å². The number of nitrogens with one attached hydrogen (secondary N) is 1. The van der Waals surface area contributed by atoms with Gasteiger partial charge in [0.05, 0.1) is 9.92 Å². The molecule has 1 heterocycles. The molecule has 4 nitrogen and oxygen atoms in total. The molecule has 3 N–H and O–H groups in total. The molecule has 1 aromatic carbocycles. The first-order chi connectivity index (χ1) is 9.94. The SMILES string of the molecule is NCc1cc(S(=O)(=O)NCCc2cccs2)cc(F)c1Cl. The summed E-state index contributed by atoms with van der Waals surface area (Å²) in [5, 5.41) is 1.78. The Balaban J connectivity index is 2.13. The number of benzene rings is 1. The van der Waals surface area contributed by atoms with E-state index in [-0.39, 0.29) is 28.6 Å². The molecule has 0 atom stereocenters. The lowest BCUT2D eigenvalue weighted by Gasteiger charge is -2.09. The normalized spacial score (nSPS) is 11.8. The minimum Gasteiger partial charge on any atom is -0.326 e. The summed E-state index contributed by atoms with van der Waals surface area (Å²) >= 11 is 7.27. The minimum atomic E-state index is -3.78. The number of hydrogen-bond acceptors (Lipinski definition) is 4. The van der Waals surface area contributed by atoms with Gasteiger partial charge in [0.25, 0.3) is 0 Å². The number of halogens is 2. The summed E-state index contributed by atoms with van der Waals surface area (Å²) in [6.07, 6.45) is 0.580. The summed E-state index contributed by atoms with van der Waals surface area (Å²) in [5.74, 6) is -0.793. The highest BCUT2D eigenvalue weighted by molar-refractivity contribution is 7.89. The maximum atomic E-state index is 13.6. The van der Waals surface area contributed by atoms with Gasteiger partial charge in [-0.15, -0.1) is 11.3 Å². The summed E-state index contributed by atoms with van der Waals surface area (Å²) in [7, 11) is -3.78. The maximum absolute atomic E-state index is 13.6. The Kier molecular flexibility index (Phi) is 5.34. The van der Waals surface area contributed by atoms with Gasteiger partial charge in [0.2, 0.25) is 10.0 Å². The molecular formula is C13H14ClFN2O2S2. The van der Waals surface area contributed by atoms with E-state index in [9.17, 15) is 12.8 Å². The maximum Gasteiger partial charge on any atom is 0.240 e. The largest absolute Gasteiger partial charge is 0.326 e. The molecule has 0 saturated heterocycles. The zero-order valence-corrected chi connectivity index (χ0v) is 13.4. The zero-order chi connectivity index (χ0) is 15.5. The lowest BCUT2D eigenvalue weighted by molar-refractivity contribution is 0.577. The Morgan fingerprint density at radius 1 is 1.38 bits per heavy atom. The average molecular weight is 349 g/mol. The van der Waals surface area contributed by atoms with E-state index in [1.165, 1.54) is 6.07 Å². The van der Waals surface area contributed by atoms with Gasteiger partial charge in [-0.3, -0.25) is 0 Å². The fraction of sp³-hybridized carbons (Fsp3) is 0.231. The Labute approximate surface area is 131 Å². The number of hydrogen-bond donors (Lipinski definition) is 2. The molecule has 0 saturated carbocycles. The van der Waals surface area contributed by atoms with Gasteiger partial charge < -0.3 is 5.73 Å². The van der Waals surface area contributed by atoms with Gasteiger partial charge in [-0.25, -0.2) is 17.5 Å². The van der Waals surface area contributed by atoms with Gasteiger partial charge >= 0.3 is 0 Å². The number of thiophene rings is 1. The van der Waals surface area contributed by atoms with E-state index in [0.717, 1.165) is 10.9 Å². The first-order valence-electron chi connectivity index (χ1n) is 6.14. The monoisotopic (exact) mass is 348 g/mol. The van der Waals surface area contributed by atoms with Crippen LogP contribution in [0.4, 0.5) is 4.39 Å². The molecule has 8 heteroatoms. The van der Waals surface area contributed by atoms with E-state index >= 15 is 0 Å². The molecule has 2 aromatic rings. The van der Waals surface area contributed by atoms with Crippen LogP contribution in [0.2, 0.25) is 5.02 Å². The van der Waals surface area contributed by atoms with Crippen LogP contribution in [0.3, 0.4) is 0 Å². The molecule has 0 radical (unpaired) electrons. The van der Waals surface area contributed by atoms with Gasteiger partial charge in [0.1, 0.15) is 5.82 Å². The van der Waals surface area contributed by atoms with E-state index in [0.29, 0.717) is 6.42 Å². The van der Waals surface area contributed by atoms with Crippen molar-refractivity contribution in [3.8, 4) is 0 Å². The molecule has 1 aromatic heterocycles. The molecule has 21 heavy (non-hydrogen) atoms. The first kappa shape index (κ1) is 16.4. The molecule has 0 bridgehead atoms. The van der Waals surface area contributed by atoms with Crippen LogP contribution in [0.15, 0.2) is 34.5 Å². The fourth-order valence-electron chi connectivity index (χ4n) is 1.77. The van der Waals surface area contributed by atoms with Crippen molar-refractivity contribution in [1.29, 1.82) is 0 Å². The van der Waals surface area contributed by atoms with Gasteiger partial charge in [-0.1, -0.05) is 17.7 Å². The lowest BCUT2D eigenvalue weighted by atomic mass is 10.2. The van der Waals surface area contributed by atoms with Crippen molar-refractivity contribution >= 4 is 33.0 Å². The van der Waals surface area contributed by atoms with Crippen LogP contribution in [0, 0.1) is 5.82 Å². The predicted molar refractivity (Wildman–Crippen MR) is 82.5 cm³/mol. The van der Waals surface area contributed by atoms with E-state index in [4.69, 9.17) is 17.3 Å². The highest BCUT2D eigenvalue weighted by atomic mass is 35.5. The van der Waals surface area contributed by atoms with Gasteiger partial charge in [0, 0.05) is 18.0 Å². The quantitative estimate of drug-likeness (QED) is 0.842. The van der Waals surface area contributed by atoms with Crippen LogP contribution >= 0.6 is 22.9 Å². The fourth-order valence-corrected chi connectivity index (χ4v) is 3.76. The van der Waals surface area contributed by atoms with Crippen molar-refractivity contribution in [2.24, 2.45) is 5.73 Å². The molecule has 0 unspecified atom stereocenters. The first-order valence-corrected chi connectivity index (χ1v) is 8.88. The van der Waals surface area contributed by atoms with Crippen molar-refractivity contribution in [2.45, 2.75) is 17.9 Å².